The summed E-state index contributed by atoms with van der Waals surface area (Å²) in [5.41, 5.74) is 4.35. The summed E-state index contributed by atoms with van der Waals surface area (Å²) in [6.45, 7) is 3.93. The summed E-state index contributed by atoms with van der Waals surface area (Å²) < 4.78 is 5.92. The van der Waals surface area contributed by atoms with Crippen LogP contribution in [-0.4, -0.2) is 36.8 Å². The third-order valence-corrected chi connectivity index (χ3v) is 7.40. The molecule has 0 spiro atoms. The number of fused-ring (bicyclic) bond motifs is 1. The standard InChI is InChI=1S/C29H38N2O4/c1-2-3-4-5-16-30-29(34)31-17-18-35-27-20-25(14-15-26(27)31)24-12-10-23(11-13-24)22-8-6-21(7-9-22)19-28(32)33/h10-15,20-22H,2-9,16-19H2,1H3,(H,30,34)(H,32,33). The molecule has 0 unspecified atom stereocenters. The van der Waals surface area contributed by atoms with Gasteiger partial charge in [0, 0.05) is 13.0 Å². The Morgan fingerprint density at radius 1 is 1.00 bits per heavy atom. The average Bonchev–Trinajstić information content (AvgIpc) is 2.88. The fraction of sp³-hybridized carbons (Fsp3) is 0.517. The Bertz CT molecular complexity index is 996. The van der Waals surface area contributed by atoms with Gasteiger partial charge < -0.3 is 15.2 Å². The monoisotopic (exact) mass is 478 g/mol. The number of nitrogens with one attached hydrogen (secondary N) is 1. The SMILES string of the molecule is CCCCCCNC(=O)N1CCOc2cc(-c3ccc(C4CCC(CC(=O)O)CC4)cc3)ccc21. The van der Waals surface area contributed by atoms with Crippen LogP contribution in [-0.2, 0) is 4.79 Å². The van der Waals surface area contributed by atoms with Crippen LogP contribution in [0.1, 0.15) is 76.2 Å². The normalized spacial score (nSPS) is 19.5. The maximum Gasteiger partial charge on any atom is 0.322 e. The topological polar surface area (TPSA) is 78.9 Å². The Kier molecular flexibility index (Phi) is 8.67. The van der Waals surface area contributed by atoms with Crippen molar-refractivity contribution in [1.82, 2.24) is 5.32 Å². The number of carboxylic acids is 1. The van der Waals surface area contributed by atoms with E-state index in [-0.39, 0.29) is 6.03 Å². The molecule has 6 nitrogen and oxygen atoms in total. The van der Waals surface area contributed by atoms with Crippen molar-refractivity contribution >= 4 is 17.7 Å². The van der Waals surface area contributed by atoms with Crippen molar-refractivity contribution in [1.29, 1.82) is 0 Å². The molecule has 1 fully saturated rings. The van der Waals surface area contributed by atoms with Crippen LogP contribution in [0, 0.1) is 5.92 Å². The lowest BCUT2D eigenvalue weighted by atomic mass is 9.77. The summed E-state index contributed by atoms with van der Waals surface area (Å²) in [4.78, 5) is 25.5. The highest BCUT2D eigenvalue weighted by atomic mass is 16.5. The number of hydrogen-bond acceptors (Lipinski definition) is 3. The Balaban J connectivity index is 1.37. The number of rotatable bonds is 9. The molecule has 1 aliphatic carbocycles. The van der Waals surface area contributed by atoms with Gasteiger partial charge in [-0.25, -0.2) is 4.79 Å². The maximum absolute atomic E-state index is 12.7. The highest BCUT2D eigenvalue weighted by Crippen LogP contribution is 2.39. The van der Waals surface area contributed by atoms with Crippen molar-refractivity contribution in [3.05, 3.63) is 48.0 Å². The molecule has 0 radical (unpaired) electrons. The van der Waals surface area contributed by atoms with Crippen molar-refractivity contribution < 1.29 is 19.4 Å². The van der Waals surface area contributed by atoms with E-state index in [1.807, 2.05) is 12.1 Å². The number of carbonyl (C=O) groups excluding carboxylic acids is 1. The van der Waals surface area contributed by atoms with Gasteiger partial charge in [0.15, 0.2) is 0 Å². The first-order chi connectivity index (χ1) is 17.0. The lowest BCUT2D eigenvalue weighted by molar-refractivity contribution is -0.138. The minimum absolute atomic E-state index is 0.0544. The summed E-state index contributed by atoms with van der Waals surface area (Å²) in [5, 5.41) is 12.1. The second-order valence-electron chi connectivity index (χ2n) is 9.91. The van der Waals surface area contributed by atoms with Crippen LogP contribution in [0.4, 0.5) is 10.5 Å². The van der Waals surface area contributed by atoms with Gasteiger partial charge in [-0.15, -0.1) is 0 Å². The van der Waals surface area contributed by atoms with E-state index in [9.17, 15) is 9.59 Å². The van der Waals surface area contributed by atoms with Crippen LogP contribution in [0.3, 0.4) is 0 Å². The fourth-order valence-corrected chi connectivity index (χ4v) is 5.35. The van der Waals surface area contributed by atoms with Gasteiger partial charge in [-0.2, -0.15) is 0 Å². The number of anilines is 1. The maximum atomic E-state index is 12.7. The minimum atomic E-state index is -0.682. The third-order valence-electron chi connectivity index (χ3n) is 7.40. The summed E-state index contributed by atoms with van der Waals surface area (Å²) in [7, 11) is 0. The van der Waals surface area contributed by atoms with Crippen molar-refractivity contribution in [2.45, 2.75) is 70.6 Å². The molecule has 6 heteroatoms. The number of benzene rings is 2. The van der Waals surface area contributed by atoms with E-state index in [0.29, 0.717) is 38.0 Å². The average molecular weight is 479 g/mol. The Morgan fingerprint density at radius 3 is 2.46 bits per heavy atom. The van der Waals surface area contributed by atoms with Crippen LogP contribution < -0.4 is 15.0 Å². The van der Waals surface area contributed by atoms with Crippen molar-refractivity contribution in [3.63, 3.8) is 0 Å². The highest BCUT2D eigenvalue weighted by molar-refractivity contribution is 5.94. The smallest absolute Gasteiger partial charge is 0.322 e. The molecular formula is C29H38N2O4. The molecule has 4 rings (SSSR count). The molecule has 2 aromatic carbocycles. The number of ether oxygens (including phenoxy) is 1. The molecule has 0 aromatic heterocycles. The summed E-state index contributed by atoms with van der Waals surface area (Å²) >= 11 is 0. The molecule has 2 aromatic rings. The number of hydrogen-bond donors (Lipinski definition) is 2. The summed E-state index contributed by atoms with van der Waals surface area (Å²) in [6, 6.07) is 14.7. The molecule has 35 heavy (non-hydrogen) atoms. The predicted molar refractivity (Wildman–Crippen MR) is 139 cm³/mol. The Labute approximate surface area is 208 Å². The zero-order valence-corrected chi connectivity index (χ0v) is 20.8. The van der Waals surface area contributed by atoms with Crippen molar-refractivity contribution in [2.24, 2.45) is 5.92 Å². The van der Waals surface area contributed by atoms with E-state index in [2.05, 4.69) is 42.6 Å². The number of urea groups is 1. The largest absolute Gasteiger partial charge is 0.490 e. The van der Waals surface area contributed by atoms with Crippen LogP contribution in [0.5, 0.6) is 5.75 Å². The molecule has 1 heterocycles. The fourth-order valence-electron chi connectivity index (χ4n) is 5.35. The lowest BCUT2D eigenvalue weighted by Gasteiger charge is -2.30. The number of nitrogens with zero attached hydrogens (tertiary/aromatic N) is 1. The van der Waals surface area contributed by atoms with Gasteiger partial charge in [-0.05, 0) is 72.8 Å². The van der Waals surface area contributed by atoms with Crippen molar-refractivity contribution in [3.8, 4) is 16.9 Å². The van der Waals surface area contributed by atoms with E-state index in [0.717, 1.165) is 61.1 Å². The zero-order valence-electron chi connectivity index (χ0n) is 20.8. The Hall–Kier alpha value is -3.02. The molecule has 2 N–H and O–H groups in total. The van der Waals surface area contributed by atoms with Gasteiger partial charge in [-0.1, -0.05) is 56.5 Å². The van der Waals surface area contributed by atoms with Crippen LogP contribution in [0.15, 0.2) is 42.5 Å². The van der Waals surface area contributed by atoms with Gasteiger partial charge >= 0.3 is 12.0 Å². The first-order valence-corrected chi connectivity index (χ1v) is 13.2. The number of carbonyl (C=O) groups is 2. The first-order valence-electron chi connectivity index (χ1n) is 13.2. The van der Waals surface area contributed by atoms with E-state index in [1.165, 1.54) is 18.4 Å². The molecule has 2 aliphatic rings. The molecule has 1 saturated carbocycles. The van der Waals surface area contributed by atoms with Gasteiger partial charge in [-0.3, -0.25) is 9.69 Å². The first kappa shape index (κ1) is 25.1. The summed E-state index contributed by atoms with van der Waals surface area (Å²) in [6.07, 6.45) is 8.93. The van der Waals surface area contributed by atoms with Crippen LogP contribution in [0.2, 0.25) is 0 Å². The van der Waals surface area contributed by atoms with Crippen LogP contribution >= 0.6 is 0 Å². The number of aliphatic carboxylic acids is 1. The molecule has 0 bridgehead atoms. The molecular weight excluding hydrogens is 440 g/mol. The van der Waals surface area contributed by atoms with Gasteiger partial charge in [0.1, 0.15) is 12.4 Å². The number of amides is 2. The van der Waals surface area contributed by atoms with E-state index in [1.54, 1.807) is 4.90 Å². The highest BCUT2D eigenvalue weighted by Gasteiger charge is 2.25. The summed E-state index contributed by atoms with van der Waals surface area (Å²) in [5.74, 6) is 0.893. The van der Waals surface area contributed by atoms with Crippen LogP contribution in [0.25, 0.3) is 11.1 Å². The predicted octanol–water partition coefficient (Wildman–Crippen LogP) is 6.59. The van der Waals surface area contributed by atoms with Gasteiger partial charge in [0.2, 0.25) is 0 Å². The second-order valence-corrected chi connectivity index (χ2v) is 9.91. The molecule has 1 aliphatic heterocycles. The quantitative estimate of drug-likeness (QED) is 0.399. The zero-order chi connectivity index (χ0) is 24.6. The van der Waals surface area contributed by atoms with Crippen molar-refractivity contribution in [2.75, 3.05) is 24.6 Å². The molecule has 0 atom stereocenters. The Morgan fingerprint density at radius 2 is 1.74 bits per heavy atom. The van der Waals surface area contributed by atoms with E-state index >= 15 is 0 Å². The van der Waals surface area contributed by atoms with E-state index < -0.39 is 5.97 Å². The van der Waals surface area contributed by atoms with Gasteiger partial charge in [0.05, 0.1) is 12.2 Å². The second kappa shape index (κ2) is 12.1. The minimum Gasteiger partial charge on any atom is -0.490 e. The van der Waals surface area contributed by atoms with E-state index in [4.69, 9.17) is 9.84 Å². The molecule has 0 saturated heterocycles. The molecule has 188 valence electrons. The van der Waals surface area contributed by atoms with Gasteiger partial charge in [0.25, 0.3) is 0 Å². The third kappa shape index (κ3) is 6.56. The lowest BCUT2D eigenvalue weighted by Crippen LogP contribution is -2.44. The number of unbranched alkanes of at least 4 members (excludes halogenated alkanes) is 3. The number of carboxylic acid groups (broad SMARTS) is 1. The molecule has 2 amide bonds.